The number of ether oxygens (including phenoxy) is 3. The molecule has 164 valence electrons. The van der Waals surface area contributed by atoms with E-state index >= 15 is 0 Å². The van der Waals surface area contributed by atoms with Crippen molar-refractivity contribution in [2.75, 3.05) is 48.0 Å². The molecule has 0 spiro atoms. The lowest BCUT2D eigenvalue weighted by molar-refractivity contribution is -0.120. The minimum Gasteiger partial charge on any atom is -0.496 e. The van der Waals surface area contributed by atoms with E-state index in [0.717, 1.165) is 48.6 Å². The highest BCUT2D eigenvalue weighted by molar-refractivity contribution is 5.75. The molecule has 1 amide bonds. The maximum absolute atomic E-state index is 11.3. The van der Waals surface area contributed by atoms with Gasteiger partial charge in [0.05, 0.1) is 26.4 Å². The molecule has 0 bridgehead atoms. The van der Waals surface area contributed by atoms with E-state index in [9.17, 15) is 4.79 Å². The van der Waals surface area contributed by atoms with Gasteiger partial charge < -0.3 is 29.7 Å². The number of unbranched alkanes of at least 4 members (excludes halogenated alkanes) is 1. The van der Waals surface area contributed by atoms with Crippen molar-refractivity contribution >= 4 is 5.91 Å². The van der Waals surface area contributed by atoms with Crippen LogP contribution in [0.5, 0.6) is 17.2 Å². The van der Waals surface area contributed by atoms with E-state index in [1.165, 1.54) is 19.4 Å². The highest BCUT2D eigenvalue weighted by Gasteiger charge is 2.20. The third kappa shape index (κ3) is 7.40. The Morgan fingerprint density at radius 3 is 2.52 bits per heavy atom. The van der Waals surface area contributed by atoms with Gasteiger partial charge in [-0.1, -0.05) is 0 Å². The lowest BCUT2D eigenvalue weighted by atomic mass is 10.1. The summed E-state index contributed by atoms with van der Waals surface area (Å²) in [5.41, 5.74) is 1.00. The summed E-state index contributed by atoms with van der Waals surface area (Å²) in [6, 6.07) is 4.50. The van der Waals surface area contributed by atoms with Crippen LogP contribution in [0.3, 0.4) is 0 Å². The van der Waals surface area contributed by atoms with E-state index < -0.39 is 0 Å². The van der Waals surface area contributed by atoms with Crippen LogP contribution in [-0.4, -0.2) is 64.9 Å². The Bertz CT molecular complexity index is 613. The summed E-state index contributed by atoms with van der Waals surface area (Å²) >= 11 is 0. The summed E-state index contributed by atoms with van der Waals surface area (Å²) in [5.74, 6) is 2.30. The highest BCUT2D eigenvalue weighted by atomic mass is 16.5. The maximum Gasteiger partial charge on any atom is 0.219 e. The molecule has 1 heterocycles. The second-order valence-electron chi connectivity index (χ2n) is 7.53. The number of nitrogens with zero attached hydrogens (tertiary/aromatic N) is 1. The maximum atomic E-state index is 11.3. The van der Waals surface area contributed by atoms with E-state index in [0.29, 0.717) is 25.6 Å². The first kappa shape index (κ1) is 23.3. The van der Waals surface area contributed by atoms with E-state index in [2.05, 4.69) is 22.6 Å². The summed E-state index contributed by atoms with van der Waals surface area (Å²) in [4.78, 5) is 13.7. The quantitative estimate of drug-likeness (QED) is 0.490. The first-order valence-corrected chi connectivity index (χ1v) is 10.6. The van der Waals surface area contributed by atoms with Gasteiger partial charge in [-0.3, -0.25) is 4.79 Å². The highest BCUT2D eigenvalue weighted by Crippen LogP contribution is 2.34. The molecule has 1 saturated heterocycles. The Labute approximate surface area is 175 Å². The summed E-state index contributed by atoms with van der Waals surface area (Å²) in [7, 11) is 7.19. The van der Waals surface area contributed by atoms with Gasteiger partial charge in [0.25, 0.3) is 0 Å². The average molecular weight is 408 g/mol. The fourth-order valence-corrected chi connectivity index (χ4v) is 3.75. The number of nitrogens with one attached hydrogen (secondary N) is 2. The van der Waals surface area contributed by atoms with Crippen molar-refractivity contribution < 1.29 is 19.0 Å². The Balaban J connectivity index is 1.85. The topological polar surface area (TPSA) is 72.1 Å². The minimum atomic E-state index is 0.0600. The number of rotatable bonds is 13. The number of amides is 1. The molecule has 0 radical (unpaired) electrons. The molecule has 2 N–H and O–H groups in total. The molecule has 1 unspecified atom stereocenters. The van der Waals surface area contributed by atoms with Crippen LogP contribution in [0.2, 0.25) is 0 Å². The lowest BCUT2D eigenvalue weighted by Gasteiger charge is -2.20. The largest absolute Gasteiger partial charge is 0.496 e. The van der Waals surface area contributed by atoms with Gasteiger partial charge >= 0.3 is 0 Å². The van der Waals surface area contributed by atoms with Gasteiger partial charge in [0.2, 0.25) is 5.91 Å². The third-order valence-electron chi connectivity index (χ3n) is 5.55. The third-order valence-corrected chi connectivity index (χ3v) is 5.55. The number of hydrogen-bond donors (Lipinski definition) is 2. The number of methoxy groups -OCH3 is 2. The van der Waals surface area contributed by atoms with Crippen molar-refractivity contribution in [2.24, 2.45) is 0 Å². The van der Waals surface area contributed by atoms with Crippen molar-refractivity contribution in [3.05, 3.63) is 17.7 Å². The number of likely N-dealkylation sites (tertiary alicyclic amines) is 1. The molecule has 1 aromatic carbocycles. The fraction of sp³-hybridized carbons (Fsp3) is 0.682. The lowest BCUT2D eigenvalue weighted by Crippen LogP contribution is -2.29. The van der Waals surface area contributed by atoms with E-state index in [1.54, 1.807) is 21.3 Å². The van der Waals surface area contributed by atoms with Crippen LogP contribution < -0.4 is 24.8 Å². The van der Waals surface area contributed by atoms with Gasteiger partial charge in [-0.15, -0.1) is 0 Å². The van der Waals surface area contributed by atoms with Crippen LogP contribution >= 0.6 is 0 Å². The number of hydrogen-bond acceptors (Lipinski definition) is 6. The molecule has 1 aromatic rings. The second-order valence-corrected chi connectivity index (χ2v) is 7.53. The Kier molecular flexibility index (Phi) is 10.1. The second kappa shape index (κ2) is 12.5. The summed E-state index contributed by atoms with van der Waals surface area (Å²) < 4.78 is 17.0. The zero-order valence-electron chi connectivity index (χ0n) is 18.4. The fourth-order valence-electron chi connectivity index (χ4n) is 3.75. The van der Waals surface area contributed by atoms with Crippen molar-refractivity contribution in [1.29, 1.82) is 0 Å². The molecular weight excluding hydrogens is 370 g/mol. The normalized spacial score (nSPS) is 16.6. The SMILES string of the molecule is CNC(=O)CCCCOc1cc(OC)c(CNCCC2CCCN2C)c(OC)c1. The van der Waals surface area contributed by atoms with Crippen LogP contribution in [0.1, 0.15) is 44.1 Å². The molecule has 0 saturated carbocycles. The summed E-state index contributed by atoms with van der Waals surface area (Å²) in [5, 5.41) is 6.16. The molecule has 1 atom stereocenters. The number of benzene rings is 1. The van der Waals surface area contributed by atoms with Gasteiger partial charge in [-0.2, -0.15) is 0 Å². The van der Waals surface area contributed by atoms with Crippen LogP contribution in [0, 0.1) is 0 Å². The van der Waals surface area contributed by atoms with Gasteiger partial charge in [0, 0.05) is 38.2 Å². The molecule has 0 aliphatic carbocycles. The van der Waals surface area contributed by atoms with Crippen molar-refractivity contribution in [1.82, 2.24) is 15.5 Å². The van der Waals surface area contributed by atoms with Crippen molar-refractivity contribution in [3.63, 3.8) is 0 Å². The smallest absolute Gasteiger partial charge is 0.219 e. The van der Waals surface area contributed by atoms with Gasteiger partial charge in [0.1, 0.15) is 17.2 Å². The first-order valence-electron chi connectivity index (χ1n) is 10.6. The van der Waals surface area contributed by atoms with Crippen molar-refractivity contribution in [3.8, 4) is 17.2 Å². The van der Waals surface area contributed by atoms with E-state index in [-0.39, 0.29) is 5.91 Å². The Morgan fingerprint density at radius 2 is 1.93 bits per heavy atom. The summed E-state index contributed by atoms with van der Waals surface area (Å²) in [6.07, 6.45) is 5.88. The molecule has 0 aromatic heterocycles. The Hall–Kier alpha value is -1.99. The molecule has 1 aliphatic rings. The van der Waals surface area contributed by atoms with Crippen LogP contribution in [0.4, 0.5) is 0 Å². The molecule has 7 nitrogen and oxygen atoms in total. The van der Waals surface area contributed by atoms with Gasteiger partial charge in [-0.05, 0) is 52.2 Å². The van der Waals surface area contributed by atoms with Crippen LogP contribution in [-0.2, 0) is 11.3 Å². The van der Waals surface area contributed by atoms with Gasteiger partial charge in [0.15, 0.2) is 0 Å². The monoisotopic (exact) mass is 407 g/mol. The minimum absolute atomic E-state index is 0.0600. The van der Waals surface area contributed by atoms with E-state index in [4.69, 9.17) is 14.2 Å². The molecular formula is C22H37N3O4. The predicted octanol–water partition coefficient (Wildman–Crippen LogP) is 2.57. The Morgan fingerprint density at radius 1 is 1.21 bits per heavy atom. The predicted molar refractivity (Wildman–Crippen MR) is 115 cm³/mol. The zero-order valence-corrected chi connectivity index (χ0v) is 18.4. The standard InChI is InChI=1S/C22H37N3O4/c1-23-22(26)9-5-6-13-29-18-14-20(27-3)19(21(15-18)28-4)16-24-11-10-17-8-7-12-25(17)2/h14-15,17,24H,5-13,16H2,1-4H3,(H,23,26). The average Bonchev–Trinajstić information content (AvgIpc) is 3.15. The van der Waals surface area contributed by atoms with E-state index in [1.807, 2.05) is 12.1 Å². The number of carbonyl (C=O) groups excluding carboxylic acids is 1. The van der Waals surface area contributed by atoms with Crippen LogP contribution in [0.25, 0.3) is 0 Å². The molecule has 2 rings (SSSR count). The molecule has 29 heavy (non-hydrogen) atoms. The zero-order chi connectivity index (χ0) is 21.1. The van der Waals surface area contributed by atoms with Gasteiger partial charge in [-0.25, -0.2) is 0 Å². The summed E-state index contributed by atoms with van der Waals surface area (Å²) in [6.45, 7) is 3.41. The molecule has 1 aliphatic heterocycles. The molecule has 7 heteroatoms. The van der Waals surface area contributed by atoms with Crippen molar-refractivity contribution in [2.45, 2.75) is 51.1 Å². The van der Waals surface area contributed by atoms with Crippen LogP contribution in [0.15, 0.2) is 12.1 Å². The first-order chi connectivity index (χ1) is 14.1. The molecule has 1 fully saturated rings. The number of carbonyl (C=O) groups is 1.